The second kappa shape index (κ2) is 7.07. The number of imidazole rings is 1. The molecule has 0 spiro atoms. The molecule has 0 radical (unpaired) electrons. The molecule has 0 fully saturated rings. The Morgan fingerprint density at radius 3 is 2.67 bits per heavy atom. The van der Waals surface area contributed by atoms with Gasteiger partial charge in [-0.15, -0.1) is 6.58 Å². The van der Waals surface area contributed by atoms with Gasteiger partial charge in [0.25, 0.3) is 0 Å². The fourth-order valence-corrected chi connectivity index (χ4v) is 2.39. The highest BCUT2D eigenvalue weighted by Gasteiger charge is 2.34. The summed E-state index contributed by atoms with van der Waals surface area (Å²) in [4.78, 5) is 8.18. The topological polar surface area (TPSA) is 56.7 Å². The predicted octanol–water partition coefficient (Wildman–Crippen LogP) is 4.32. The van der Waals surface area contributed by atoms with Gasteiger partial charge in [0.2, 0.25) is 0 Å². The van der Waals surface area contributed by atoms with Gasteiger partial charge in [-0.2, -0.15) is 13.2 Å². The molecule has 2 rings (SSSR count). The van der Waals surface area contributed by atoms with Gasteiger partial charge in [-0.1, -0.05) is 19.9 Å². The molecule has 2 aromatic rings. The molecule has 7 heteroatoms. The van der Waals surface area contributed by atoms with Crippen LogP contribution in [0, 0.1) is 5.92 Å². The number of aryl methyl sites for hydroxylation is 1. The Bertz CT molecular complexity index is 717. The molecule has 0 saturated carbocycles. The number of allylic oxidation sites excluding steroid dienone is 1. The minimum Gasteiger partial charge on any atom is -0.383 e. The van der Waals surface area contributed by atoms with Crippen molar-refractivity contribution in [3.05, 3.63) is 42.5 Å². The highest BCUT2D eigenvalue weighted by atomic mass is 19.4. The van der Waals surface area contributed by atoms with E-state index in [9.17, 15) is 13.2 Å². The SMILES string of the molecule is C=CCCn1cc(-c2cnc(N)c(C(F)(F)F)c2)nc1CC(C)C. The van der Waals surface area contributed by atoms with Gasteiger partial charge in [-0.05, 0) is 18.4 Å². The average Bonchev–Trinajstić information content (AvgIpc) is 2.86. The Kier molecular flexibility index (Phi) is 5.31. The minimum atomic E-state index is -4.54. The van der Waals surface area contributed by atoms with Crippen molar-refractivity contribution in [3.8, 4) is 11.3 Å². The van der Waals surface area contributed by atoms with Crippen LogP contribution in [-0.4, -0.2) is 14.5 Å². The van der Waals surface area contributed by atoms with Crippen LogP contribution in [0.5, 0.6) is 0 Å². The van der Waals surface area contributed by atoms with E-state index in [1.54, 1.807) is 12.3 Å². The molecule has 0 aliphatic rings. The number of nitrogens with zero attached hydrogens (tertiary/aromatic N) is 3. The zero-order valence-corrected chi connectivity index (χ0v) is 13.8. The van der Waals surface area contributed by atoms with E-state index >= 15 is 0 Å². The maximum atomic E-state index is 13.0. The quantitative estimate of drug-likeness (QED) is 0.798. The third-order valence-corrected chi connectivity index (χ3v) is 3.54. The molecule has 4 nitrogen and oxygen atoms in total. The highest BCUT2D eigenvalue weighted by molar-refractivity contribution is 5.62. The number of alkyl halides is 3. The van der Waals surface area contributed by atoms with Gasteiger partial charge >= 0.3 is 6.18 Å². The van der Waals surface area contributed by atoms with Crippen LogP contribution in [0.4, 0.5) is 19.0 Å². The first-order valence-corrected chi connectivity index (χ1v) is 7.72. The Balaban J connectivity index is 2.44. The summed E-state index contributed by atoms with van der Waals surface area (Å²) >= 11 is 0. The number of nitrogen functional groups attached to an aromatic ring is 1. The molecule has 0 aliphatic heterocycles. The summed E-state index contributed by atoms with van der Waals surface area (Å²) in [7, 11) is 0. The van der Waals surface area contributed by atoms with Crippen LogP contribution in [0.15, 0.2) is 31.1 Å². The first kappa shape index (κ1) is 18.0. The zero-order chi connectivity index (χ0) is 17.9. The summed E-state index contributed by atoms with van der Waals surface area (Å²) in [6, 6.07) is 1.00. The first-order valence-electron chi connectivity index (χ1n) is 7.72. The Labute approximate surface area is 139 Å². The summed E-state index contributed by atoms with van der Waals surface area (Å²) in [6.45, 7) is 8.52. The molecular weight excluding hydrogens is 317 g/mol. The number of hydrogen-bond donors (Lipinski definition) is 1. The molecule has 0 aromatic carbocycles. The standard InChI is InChI=1S/C17H21F3N4/c1-4-5-6-24-10-14(23-15(24)7-11(2)3)12-8-13(17(18,19)20)16(21)22-9-12/h4,8-11H,1,5-7H2,2-3H3,(H2,21,22). The summed E-state index contributed by atoms with van der Waals surface area (Å²) in [5, 5.41) is 0. The van der Waals surface area contributed by atoms with Gasteiger partial charge in [0.05, 0.1) is 11.3 Å². The van der Waals surface area contributed by atoms with Crippen LogP contribution in [0.3, 0.4) is 0 Å². The monoisotopic (exact) mass is 338 g/mol. The number of anilines is 1. The van der Waals surface area contributed by atoms with Crippen LogP contribution in [0.25, 0.3) is 11.3 Å². The van der Waals surface area contributed by atoms with E-state index in [0.717, 1.165) is 24.7 Å². The third-order valence-electron chi connectivity index (χ3n) is 3.54. The molecule has 0 atom stereocenters. The second-order valence-electron chi connectivity index (χ2n) is 6.07. The van der Waals surface area contributed by atoms with Gasteiger partial charge in [0, 0.05) is 30.9 Å². The number of nitrogens with two attached hydrogens (primary N) is 1. The summed E-state index contributed by atoms with van der Waals surface area (Å²) in [5.74, 6) is 0.699. The van der Waals surface area contributed by atoms with Gasteiger partial charge in [-0.25, -0.2) is 9.97 Å². The van der Waals surface area contributed by atoms with E-state index in [1.807, 2.05) is 4.57 Å². The number of pyridine rings is 1. The molecule has 0 amide bonds. The van der Waals surface area contributed by atoms with Crippen LogP contribution >= 0.6 is 0 Å². The van der Waals surface area contributed by atoms with Gasteiger partial charge in [0.15, 0.2) is 0 Å². The summed E-state index contributed by atoms with van der Waals surface area (Å²) in [6.07, 6.45) is 1.84. The van der Waals surface area contributed by atoms with Gasteiger partial charge in [0.1, 0.15) is 11.6 Å². The smallest absolute Gasteiger partial charge is 0.383 e. The van der Waals surface area contributed by atoms with Crippen LogP contribution in [0.2, 0.25) is 0 Å². The first-order chi connectivity index (χ1) is 11.2. The van der Waals surface area contributed by atoms with E-state index < -0.39 is 17.6 Å². The number of rotatable bonds is 6. The summed E-state index contributed by atoms with van der Waals surface area (Å²) in [5.41, 5.74) is 5.18. The van der Waals surface area contributed by atoms with Crippen molar-refractivity contribution in [2.45, 2.75) is 39.4 Å². The van der Waals surface area contributed by atoms with Gasteiger partial charge in [-0.3, -0.25) is 0 Å². The lowest BCUT2D eigenvalue weighted by molar-refractivity contribution is -0.137. The average molecular weight is 338 g/mol. The minimum absolute atomic E-state index is 0.305. The number of aromatic nitrogens is 3. The Morgan fingerprint density at radius 2 is 2.08 bits per heavy atom. The maximum Gasteiger partial charge on any atom is 0.419 e. The molecule has 2 aromatic heterocycles. The van der Waals surface area contributed by atoms with E-state index in [4.69, 9.17) is 5.73 Å². The van der Waals surface area contributed by atoms with Crippen molar-refractivity contribution in [1.29, 1.82) is 0 Å². The van der Waals surface area contributed by atoms with Crippen LogP contribution in [-0.2, 0) is 19.1 Å². The molecule has 0 aliphatic carbocycles. The van der Waals surface area contributed by atoms with Crippen LogP contribution < -0.4 is 5.73 Å². The van der Waals surface area contributed by atoms with E-state index in [2.05, 4.69) is 30.4 Å². The lowest BCUT2D eigenvalue weighted by Gasteiger charge is -2.09. The molecular formula is C17H21F3N4. The molecule has 0 unspecified atom stereocenters. The molecule has 0 saturated heterocycles. The van der Waals surface area contributed by atoms with Crippen molar-refractivity contribution < 1.29 is 13.2 Å². The second-order valence-corrected chi connectivity index (χ2v) is 6.07. The van der Waals surface area contributed by atoms with Crippen LogP contribution in [0.1, 0.15) is 31.7 Å². The van der Waals surface area contributed by atoms with E-state index in [0.29, 0.717) is 23.7 Å². The molecule has 2 N–H and O–H groups in total. The van der Waals surface area contributed by atoms with Crippen molar-refractivity contribution in [1.82, 2.24) is 14.5 Å². The Hall–Kier alpha value is -2.31. The van der Waals surface area contributed by atoms with Crippen molar-refractivity contribution in [2.75, 3.05) is 5.73 Å². The number of hydrogen-bond acceptors (Lipinski definition) is 3. The third kappa shape index (κ3) is 4.15. The summed E-state index contributed by atoms with van der Waals surface area (Å²) < 4.78 is 41.0. The van der Waals surface area contributed by atoms with Crippen molar-refractivity contribution in [3.63, 3.8) is 0 Å². The van der Waals surface area contributed by atoms with Gasteiger partial charge < -0.3 is 10.3 Å². The van der Waals surface area contributed by atoms with E-state index in [-0.39, 0.29) is 0 Å². The fourth-order valence-electron chi connectivity index (χ4n) is 2.39. The predicted molar refractivity (Wildman–Crippen MR) is 88.2 cm³/mol. The lowest BCUT2D eigenvalue weighted by Crippen LogP contribution is -2.10. The molecule has 24 heavy (non-hydrogen) atoms. The molecule has 130 valence electrons. The Morgan fingerprint density at radius 1 is 1.38 bits per heavy atom. The lowest BCUT2D eigenvalue weighted by atomic mass is 10.1. The van der Waals surface area contributed by atoms with E-state index in [1.165, 1.54) is 6.20 Å². The zero-order valence-electron chi connectivity index (χ0n) is 13.8. The molecule has 0 bridgehead atoms. The van der Waals surface area contributed by atoms with Crippen molar-refractivity contribution in [2.24, 2.45) is 5.92 Å². The molecule has 2 heterocycles. The highest BCUT2D eigenvalue weighted by Crippen LogP contribution is 2.35. The largest absolute Gasteiger partial charge is 0.419 e. The number of halogens is 3. The maximum absolute atomic E-state index is 13.0. The normalized spacial score (nSPS) is 11.9. The fraction of sp³-hybridized carbons (Fsp3) is 0.412. The van der Waals surface area contributed by atoms with Crippen molar-refractivity contribution >= 4 is 5.82 Å².